The highest BCUT2D eigenvalue weighted by atomic mass is 32.2. The summed E-state index contributed by atoms with van der Waals surface area (Å²) < 4.78 is 1.60. The Balaban J connectivity index is 1.46. The van der Waals surface area contributed by atoms with E-state index in [9.17, 15) is 14.4 Å². The van der Waals surface area contributed by atoms with Gasteiger partial charge < -0.3 is 10.2 Å². The van der Waals surface area contributed by atoms with Crippen molar-refractivity contribution in [1.82, 2.24) is 9.55 Å². The van der Waals surface area contributed by atoms with Gasteiger partial charge in [0.1, 0.15) is 11.4 Å². The number of allylic oxidation sites excluding steroid dienone is 1. The number of nitrogens with zero attached hydrogens (tertiary/aromatic N) is 3. The van der Waals surface area contributed by atoms with Crippen molar-refractivity contribution in [1.29, 1.82) is 0 Å². The molecule has 0 atom stereocenters. The molecule has 0 bridgehead atoms. The fraction of sp³-hybridized carbons (Fsp3) is 0.304. The van der Waals surface area contributed by atoms with Gasteiger partial charge in [-0.3, -0.25) is 19.0 Å². The lowest BCUT2D eigenvalue weighted by Crippen LogP contribution is -2.43. The summed E-state index contributed by atoms with van der Waals surface area (Å²) in [5, 5.41) is 4.02. The first kappa shape index (κ1) is 21.0. The van der Waals surface area contributed by atoms with E-state index in [1.807, 2.05) is 18.2 Å². The lowest BCUT2D eigenvalue weighted by atomic mass is 9.97. The van der Waals surface area contributed by atoms with Gasteiger partial charge in [-0.25, -0.2) is 4.98 Å². The molecular formula is C23H22N4O3S2. The fourth-order valence-corrected chi connectivity index (χ4v) is 6.47. The molecule has 0 unspecified atom stereocenters. The minimum atomic E-state index is -0.227. The molecule has 7 nitrogen and oxygen atoms in total. The second-order valence-corrected chi connectivity index (χ2v) is 9.85. The van der Waals surface area contributed by atoms with Crippen LogP contribution in [0.25, 0.3) is 10.2 Å². The number of hydrogen-bond acceptors (Lipinski definition) is 6. The van der Waals surface area contributed by atoms with Crippen molar-refractivity contribution < 1.29 is 9.59 Å². The second-order valence-electron chi connectivity index (χ2n) is 7.82. The van der Waals surface area contributed by atoms with Gasteiger partial charge >= 0.3 is 0 Å². The van der Waals surface area contributed by atoms with Crippen molar-refractivity contribution in [3.8, 4) is 0 Å². The Labute approximate surface area is 193 Å². The van der Waals surface area contributed by atoms with Crippen LogP contribution in [0, 0.1) is 0 Å². The third-order valence-electron chi connectivity index (χ3n) is 5.75. The molecule has 1 aliphatic heterocycles. The molecule has 32 heavy (non-hydrogen) atoms. The number of para-hydroxylation sites is 2. The maximum absolute atomic E-state index is 13.3. The zero-order valence-electron chi connectivity index (χ0n) is 17.4. The lowest BCUT2D eigenvalue weighted by Gasteiger charge is -2.29. The molecular weight excluding hydrogens is 444 g/mol. The van der Waals surface area contributed by atoms with Crippen molar-refractivity contribution in [3.05, 3.63) is 57.7 Å². The maximum Gasteiger partial charge on any atom is 0.263 e. The molecule has 9 heteroatoms. The quantitative estimate of drug-likeness (QED) is 0.353. The smallest absolute Gasteiger partial charge is 0.263 e. The van der Waals surface area contributed by atoms with Crippen LogP contribution in [0.3, 0.4) is 0 Å². The van der Waals surface area contributed by atoms with E-state index in [2.05, 4.69) is 11.9 Å². The number of carbonyl (C=O) groups excluding carboxylic acids is 2. The van der Waals surface area contributed by atoms with E-state index in [4.69, 9.17) is 4.98 Å². The highest BCUT2D eigenvalue weighted by molar-refractivity contribution is 7.99. The van der Waals surface area contributed by atoms with Gasteiger partial charge in [-0.05, 0) is 43.4 Å². The number of thiophene rings is 1. The minimum Gasteiger partial charge on any atom is -0.323 e. The van der Waals surface area contributed by atoms with E-state index in [0.717, 1.165) is 41.5 Å². The summed E-state index contributed by atoms with van der Waals surface area (Å²) >= 11 is 2.82. The Bertz CT molecular complexity index is 1310. The summed E-state index contributed by atoms with van der Waals surface area (Å²) in [6.07, 6.45) is 5.82. The number of thioether (sulfide) groups is 1. The number of nitrogens with one attached hydrogen (secondary N) is 1. The Kier molecular flexibility index (Phi) is 5.60. The first-order valence-electron chi connectivity index (χ1n) is 10.5. The van der Waals surface area contributed by atoms with Gasteiger partial charge in [0, 0.05) is 11.4 Å². The molecule has 0 spiro atoms. The maximum atomic E-state index is 13.3. The van der Waals surface area contributed by atoms with Crippen molar-refractivity contribution in [2.45, 2.75) is 37.4 Å². The molecule has 5 rings (SSSR count). The van der Waals surface area contributed by atoms with E-state index in [1.165, 1.54) is 21.5 Å². The van der Waals surface area contributed by atoms with E-state index in [1.54, 1.807) is 28.0 Å². The minimum absolute atomic E-state index is 0.0278. The average molecular weight is 467 g/mol. The molecule has 2 aromatic heterocycles. The summed E-state index contributed by atoms with van der Waals surface area (Å²) in [4.78, 5) is 46.7. The number of aromatic nitrogens is 2. The van der Waals surface area contributed by atoms with Crippen LogP contribution in [-0.4, -0.2) is 33.7 Å². The Morgan fingerprint density at radius 3 is 2.91 bits per heavy atom. The summed E-state index contributed by atoms with van der Waals surface area (Å²) in [7, 11) is 0. The number of carbonyl (C=O) groups is 2. The van der Waals surface area contributed by atoms with Crippen molar-refractivity contribution in [2.24, 2.45) is 0 Å². The van der Waals surface area contributed by atoms with Crippen LogP contribution in [-0.2, 0) is 29.0 Å². The normalized spacial score (nSPS) is 15.2. The number of benzene rings is 1. The number of fused-ring (bicyclic) bond motifs is 4. The van der Waals surface area contributed by atoms with E-state index < -0.39 is 0 Å². The lowest BCUT2D eigenvalue weighted by molar-refractivity contribution is -0.120. The van der Waals surface area contributed by atoms with Gasteiger partial charge in [0.05, 0.1) is 22.5 Å². The average Bonchev–Trinajstić information content (AvgIpc) is 3.17. The fourth-order valence-electron chi connectivity index (χ4n) is 4.28. The van der Waals surface area contributed by atoms with Gasteiger partial charge in [0.15, 0.2) is 5.16 Å². The largest absolute Gasteiger partial charge is 0.323 e. The third-order valence-corrected chi connectivity index (χ3v) is 7.89. The Morgan fingerprint density at radius 1 is 1.25 bits per heavy atom. The van der Waals surface area contributed by atoms with Crippen LogP contribution in [0.5, 0.6) is 0 Å². The zero-order valence-corrected chi connectivity index (χ0v) is 19.1. The summed E-state index contributed by atoms with van der Waals surface area (Å²) in [6, 6.07) is 7.23. The molecule has 3 aromatic rings. The molecule has 164 valence electrons. The standard InChI is InChI=1S/C23H22N4O3S2/c1-2-11-26-22(30)20-14-7-3-6-10-17(14)32-21(20)25-23(26)31-13-19(29)27-12-18(28)24-15-8-4-5-9-16(15)27/h2,4-5,8-9H,1,3,6-7,10-13H2,(H,24,28). The highest BCUT2D eigenvalue weighted by Gasteiger charge is 2.27. The molecule has 2 aliphatic rings. The highest BCUT2D eigenvalue weighted by Crippen LogP contribution is 2.35. The topological polar surface area (TPSA) is 84.3 Å². The van der Waals surface area contributed by atoms with Crippen LogP contribution in [0.15, 0.2) is 46.9 Å². The molecule has 2 amide bonds. The summed E-state index contributed by atoms with van der Waals surface area (Å²) in [5.41, 5.74) is 2.38. The van der Waals surface area contributed by atoms with Crippen LogP contribution in [0.4, 0.5) is 11.4 Å². The van der Waals surface area contributed by atoms with E-state index >= 15 is 0 Å². The van der Waals surface area contributed by atoms with Crippen LogP contribution in [0.2, 0.25) is 0 Å². The molecule has 0 radical (unpaired) electrons. The summed E-state index contributed by atoms with van der Waals surface area (Å²) in [6.45, 7) is 4.09. The molecule has 0 fully saturated rings. The number of anilines is 2. The van der Waals surface area contributed by atoms with Gasteiger partial charge in [-0.2, -0.15) is 0 Å². The van der Waals surface area contributed by atoms with Crippen molar-refractivity contribution >= 4 is 56.5 Å². The first-order chi connectivity index (χ1) is 15.6. The SMILES string of the molecule is C=CCn1c(SCC(=O)N2CC(=O)Nc3ccccc32)nc2sc3c(c2c1=O)CCCC3. The monoisotopic (exact) mass is 466 g/mol. The summed E-state index contributed by atoms with van der Waals surface area (Å²) in [5.74, 6) is -0.362. The van der Waals surface area contributed by atoms with Crippen molar-refractivity contribution in [2.75, 3.05) is 22.5 Å². The third kappa shape index (κ3) is 3.65. The molecule has 0 saturated heterocycles. The van der Waals surface area contributed by atoms with Crippen LogP contribution < -0.4 is 15.8 Å². The second kappa shape index (κ2) is 8.55. The molecule has 1 N–H and O–H groups in total. The zero-order chi connectivity index (χ0) is 22.2. The van der Waals surface area contributed by atoms with Crippen LogP contribution >= 0.6 is 23.1 Å². The predicted octanol–water partition coefficient (Wildman–Crippen LogP) is 3.60. The van der Waals surface area contributed by atoms with Gasteiger partial charge in [0.25, 0.3) is 5.56 Å². The van der Waals surface area contributed by atoms with Gasteiger partial charge in [-0.1, -0.05) is 30.0 Å². The Morgan fingerprint density at radius 2 is 2.06 bits per heavy atom. The van der Waals surface area contributed by atoms with Crippen molar-refractivity contribution in [3.63, 3.8) is 0 Å². The first-order valence-corrected chi connectivity index (χ1v) is 12.3. The van der Waals surface area contributed by atoms with Gasteiger partial charge in [0.2, 0.25) is 11.8 Å². The predicted molar refractivity (Wildman–Crippen MR) is 129 cm³/mol. The molecule has 1 aromatic carbocycles. The van der Waals surface area contributed by atoms with E-state index in [-0.39, 0.29) is 29.7 Å². The molecule has 3 heterocycles. The molecule has 1 aliphatic carbocycles. The Hall–Kier alpha value is -2.91. The number of aryl methyl sites for hydroxylation is 2. The van der Waals surface area contributed by atoms with Crippen LogP contribution in [0.1, 0.15) is 23.3 Å². The number of rotatable bonds is 5. The van der Waals surface area contributed by atoms with Gasteiger partial charge in [-0.15, -0.1) is 17.9 Å². The number of hydrogen-bond donors (Lipinski definition) is 1. The molecule has 0 saturated carbocycles. The van der Waals surface area contributed by atoms with E-state index in [0.29, 0.717) is 23.1 Å². The number of amides is 2.